The van der Waals surface area contributed by atoms with Gasteiger partial charge in [0.15, 0.2) is 0 Å². The van der Waals surface area contributed by atoms with Crippen molar-refractivity contribution in [2.45, 2.75) is 11.1 Å². The van der Waals surface area contributed by atoms with Crippen LogP contribution < -0.4 is 9.46 Å². The minimum Gasteiger partial charge on any atom is -0.495 e. The molecule has 8 heteroatoms. The Hall–Kier alpha value is -0.570. The molecule has 0 radical (unpaired) electrons. The molecule has 1 heterocycles. The maximum atomic E-state index is 12.4. The fraction of sp³-hybridized carbons (Fsp3) is 0.167. The van der Waals surface area contributed by atoms with Gasteiger partial charge in [0.1, 0.15) is 9.96 Å². The number of aryl methyl sites for hydroxylation is 1. The summed E-state index contributed by atoms with van der Waals surface area (Å²) >= 11 is 7.81. The molecule has 0 saturated carbocycles. The number of nitrogens with one attached hydrogen (secondary N) is 1. The van der Waals surface area contributed by atoms with Crippen molar-refractivity contribution in [2.24, 2.45) is 0 Å². The fourth-order valence-corrected chi connectivity index (χ4v) is 5.17. The summed E-state index contributed by atoms with van der Waals surface area (Å²) in [6.45, 7) is 1.85. The van der Waals surface area contributed by atoms with Gasteiger partial charge in [-0.05, 0) is 52.7 Å². The summed E-state index contributed by atoms with van der Waals surface area (Å²) in [5, 5.41) is 0. The largest absolute Gasteiger partial charge is 0.495 e. The second kappa shape index (κ2) is 6.05. The Morgan fingerprint density at radius 2 is 1.95 bits per heavy atom. The average molecular weight is 441 g/mol. The van der Waals surface area contributed by atoms with Crippen molar-refractivity contribution >= 4 is 58.9 Å². The van der Waals surface area contributed by atoms with E-state index >= 15 is 0 Å². The van der Waals surface area contributed by atoms with E-state index in [-0.39, 0.29) is 4.21 Å². The zero-order valence-electron chi connectivity index (χ0n) is 10.6. The molecule has 0 amide bonds. The van der Waals surface area contributed by atoms with Crippen LogP contribution in [0.2, 0.25) is 0 Å². The number of sulfonamides is 1. The lowest BCUT2D eigenvalue weighted by Gasteiger charge is -2.11. The van der Waals surface area contributed by atoms with Crippen LogP contribution in [0.15, 0.2) is 36.7 Å². The predicted octanol–water partition coefficient (Wildman–Crippen LogP) is 4.39. The van der Waals surface area contributed by atoms with Gasteiger partial charge in [0.05, 0.1) is 16.6 Å². The molecular formula is C12H11Br2NO3S2. The van der Waals surface area contributed by atoms with Crippen LogP contribution in [0.4, 0.5) is 5.69 Å². The molecule has 0 unspecified atom stereocenters. The number of anilines is 1. The van der Waals surface area contributed by atoms with E-state index in [1.807, 2.05) is 6.92 Å². The minimum atomic E-state index is -3.63. The Balaban J connectivity index is 2.40. The lowest BCUT2D eigenvalue weighted by Crippen LogP contribution is -2.12. The highest BCUT2D eigenvalue weighted by Gasteiger charge is 2.20. The van der Waals surface area contributed by atoms with Gasteiger partial charge in [-0.2, -0.15) is 0 Å². The summed E-state index contributed by atoms with van der Waals surface area (Å²) in [4.78, 5) is 0. The summed E-state index contributed by atoms with van der Waals surface area (Å²) in [6.07, 6.45) is 0. The molecule has 0 spiro atoms. The maximum absolute atomic E-state index is 12.4. The Morgan fingerprint density at radius 3 is 2.50 bits per heavy atom. The molecule has 20 heavy (non-hydrogen) atoms. The van der Waals surface area contributed by atoms with E-state index in [0.29, 0.717) is 11.4 Å². The number of methoxy groups -OCH3 is 1. The van der Waals surface area contributed by atoms with Crippen LogP contribution in [0.1, 0.15) is 5.56 Å². The standard InChI is InChI=1S/C12H11Br2NO3S2/c1-7-5-11(19-12(7)14)20(16,17)15-9-6-8(13)3-4-10(9)18-2/h3-6,15H,1-2H3. The van der Waals surface area contributed by atoms with E-state index in [4.69, 9.17) is 4.74 Å². The van der Waals surface area contributed by atoms with Gasteiger partial charge in [-0.1, -0.05) is 15.9 Å². The first-order valence-electron chi connectivity index (χ1n) is 5.46. The molecule has 0 aliphatic carbocycles. The summed E-state index contributed by atoms with van der Waals surface area (Å²) in [7, 11) is -2.13. The first-order valence-corrected chi connectivity index (χ1v) is 9.34. The lowest BCUT2D eigenvalue weighted by atomic mass is 10.3. The van der Waals surface area contributed by atoms with Gasteiger partial charge in [-0.25, -0.2) is 8.42 Å². The normalized spacial score (nSPS) is 11.4. The number of ether oxygens (including phenoxy) is 1. The van der Waals surface area contributed by atoms with E-state index < -0.39 is 10.0 Å². The number of hydrogen-bond acceptors (Lipinski definition) is 4. The van der Waals surface area contributed by atoms with Crippen LogP contribution in [0.25, 0.3) is 0 Å². The highest BCUT2D eigenvalue weighted by atomic mass is 79.9. The summed E-state index contributed by atoms with van der Waals surface area (Å²) < 4.78 is 34.2. The molecule has 0 atom stereocenters. The topological polar surface area (TPSA) is 55.4 Å². The van der Waals surface area contributed by atoms with Crippen LogP contribution in [0.5, 0.6) is 5.75 Å². The second-order valence-corrected chi connectivity index (χ2v) is 9.17. The van der Waals surface area contributed by atoms with Gasteiger partial charge >= 0.3 is 0 Å². The Kier molecular flexibility index (Phi) is 4.78. The van der Waals surface area contributed by atoms with Crippen LogP contribution in [0, 0.1) is 6.92 Å². The third-order valence-corrected chi connectivity index (χ3v) is 6.97. The molecule has 0 saturated heterocycles. The van der Waals surface area contributed by atoms with E-state index in [0.717, 1.165) is 13.8 Å². The van der Waals surface area contributed by atoms with Gasteiger partial charge in [-0.3, -0.25) is 4.72 Å². The molecule has 0 aliphatic rings. The molecule has 0 aliphatic heterocycles. The van der Waals surface area contributed by atoms with Gasteiger partial charge in [0.2, 0.25) is 0 Å². The molecular weight excluding hydrogens is 430 g/mol. The highest BCUT2D eigenvalue weighted by molar-refractivity contribution is 9.11. The van der Waals surface area contributed by atoms with E-state index in [1.54, 1.807) is 24.3 Å². The van der Waals surface area contributed by atoms with Crippen LogP contribution in [-0.2, 0) is 10.0 Å². The van der Waals surface area contributed by atoms with E-state index in [1.165, 1.54) is 18.4 Å². The van der Waals surface area contributed by atoms with E-state index in [2.05, 4.69) is 36.6 Å². The molecule has 108 valence electrons. The quantitative estimate of drug-likeness (QED) is 0.766. The van der Waals surface area contributed by atoms with Crippen molar-refractivity contribution in [3.05, 3.63) is 38.1 Å². The van der Waals surface area contributed by atoms with Crippen molar-refractivity contribution in [1.29, 1.82) is 0 Å². The predicted molar refractivity (Wildman–Crippen MR) is 88.3 cm³/mol. The zero-order chi connectivity index (χ0) is 14.9. The smallest absolute Gasteiger partial charge is 0.271 e. The number of halogens is 2. The summed E-state index contributed by atoms with van der Waals surface area (Å²) in [6, 6.07) is 6.76. The minimum absolute atomic E-state index is 0.254. The molecule has 0 bridgehead atoms. The van der Waals surface area contributed by atoms with Crippen molar-refractivity contribution < 1.29 is 13.2 Å². The number of benzene rings is 1. The molecule has 1 aromatic heterocycles. The summed E-state index contributed by atoms with van der Waals surface area (Å²) in [5.41, 5.74) is 1.28. The van der Waals surface area contributed by atoms with E-state index in [9.17, 15) is 8.42 Å². The van der Waals surface area contributed by atoms with Crippen LogP contribution in [0.3, 0.4) is 0 Å². The third-order valence-electron chi connectivity index (χ3n) is 2.51. The van der Waals surface area contributed by atoms with Gasteiger partial charge in [0, 0.05) is 4.47 Å². The SMILES string of the molecule is COc1ccc(Br)cc1NS(=O)(=O)c1cc(C)c(Br)s1. The fourth-order valence-electron chi connectivity index (χ4n) is 1.52. The van der Waals surface area contributed by atoms with Crippen molar-refractivity contribution in [3.63, 3.8) is 0 Å². The zero-order valence-corrected chi connectivity index (χ0v) is 15.4. The maximum Gasteiger partial charge on any atom is 0.271 e. The van der Waals surface area contributed by atoms with Gasteiger partial charge in [0.25, 0.3) is 10.0 Å². The number of hydrogen-bond donors (Lipinski definition) is 1. The molecule has 0 fully saturated rings. The highest BCUT2D eigenvalue weighted by Crippen LogP contribution is 2.34. The first-order chi connectivity index (χ1) is 9.33. The third kappa shape index (κ3) is 3.36. The number of thiophene rings is 1. The lowest BCUT2D eigenvalue weighted by molar-refractivity contribution is 0.417. The molecule has 1 aromatic carbocycles. The average Bonchev–Trinajstić information content (AvgIpc) is 2.70. The van der Waals surface area contributed by atoms with Crippen molar-refractivity contribution in [2.75, 3.05) is 11.8 Å². The van der Waals surface area contributed by atoms with Crippen LogP contribution >= 0.6 is 43.2 Å². The molecule has 1 N–H and O–H groups in total. The molecule has 2 aromatic rings. The molecule has 4 nitrogen and oxygen atoms in total. The first kappa shape index (κ1) is 15.8. The van der Waals surface area contributed by atoms with Gasteiger partial charge in [-0.15, -0.1) is 11.3 Å². The monoisotopic (exact) mass is 439 g/mol. The van der Waals surface area contributed by atoms with Gasteiger partial charge < -0.3 is 4.74 Å². The Bertz CT molecular complexity index is 722. The van der Waals surface area contributed by atoms with Crippen molar-refractivity contribution in [1.82, 2.24) is 0 Å². The second-order valence-electron chi connectivity index (χ2n) is 3.97. The van der Waals surface area contributed by atoms with Crippen LogP contribution in [-0.4, -0.2) is 15.5 Å². The van der Waals surface area contributed by atoms with Crippen molar-refractivity contribution in [3.8, 4) is 5.75 Å². The number of rotatable bonds is 4. The Labute approximate surface area is 138 Å². The Morgan fingerprint density at radius 1 is 1.25 bits per heavy atom. The molecule has 2 rings (SSSR count). The summed E-state index contributed by atoms with van der Waals surface area (Å²) in [5.74, 6) is 0.462.